The zero-order chi connectivity index (χ0) is 14.6. The molecule has 0 spiro atoms. The SMILES string of the molecule is CC(=O)NCCCCCC(=O)NCCc1ccccc1. The molecule has 0 heterocycles. The van der Waals surface area contributed by atoms with Crippen molar-refractivity contribution in [3.8, 4) is 0 Å². The quantitative estimate of drug-likeness (QED) is 0.678. The fourth-order valence-corrected chi connectivity index (χ4v) is 1.93. The lowest BCUT2D eigenvalue weighted by atomic mass is 10.1. The lowest BCUT2D eigenvalue weighted by Crippen LogP contribution is -2.25. The van der Waals surface area contributed by atoms with Gasteiger partial charge in [-0.3, -0.25) is 9.59 Å². The molecule has 4 heteroatoms. The molecule has 20 heavy (non-hydrogen) atoms. The number of carbonyl (C=O) groups is 2. The van der Waals surface area contributed by atoms with E-state index in [1.54, 1.807) is 0 Å². The Kier molecular flexibility index (Phi) is 8.11. The molecule has 0 atom stereocenters. The standard InChI is InChI=1S/C16H24N2O2/c1-14(19)17-12-7-3-6-10-16(20)18-13-11-15-8-4-2-5-9-15/h2,4-5,8-9H,3,6-7,10-13H2,1H3,(H,17,19)(H,18,20). The van der Waals surface area contributed by atoms with Crippen LogP contribution in [0.15, 0.2) is 30.3 Å². The molecular formula is C16H24N2O2. The van der Waals surface area contributed by atoms with Crippen LogP contribution >= 0.6 is 0 Å². The van der Waals surface area contributed by atoms with Gasteiger partial charge in [0.15, 0.2) is 0 Å². The summed E-state index contributed by atoms with van der Waals surface area (Å²) < 4.78 is 0. The van der Waals surface area contributed by atoms with Gasteiger partial charge in [-0.1, -0.05) is 36.8 Å². The smallest absolute Gasteiger partial charge is 0.220 e. The molecule has 0 radical (unpaired) electrons. The van der Waals surface area contributed by atoms with Gasteiger partial charge in [-0.15, -0.1) is 0 Å². The topological polar surface area (TPSA) is 58.2 Å². The lowest BCUT2D eigenvalue weighted by molar-refractivity contribution is -0.121. The molecule has 2 N–H and O–H groups in total. The minimum absolute atomic E-state index is 0.00338. The van der Waals surface area contributed by atoms with E-state index in [2.05, 4.69) is 22.8 Å². The van der Waals surface area contributed by atoms with Gasteiger partial charge in [-0.05, 0) is 24.8 Å². The summed E-state index contributed by atoms with van der Waals surface area (Å²) in [5, 5.41) is 5.68. The van der Waals surface area contributed by atoms with E-state index < -0.39 is 0 Å². The van der Waals surface area contributed by atoms with Crippen LogP contribution in [-0.2, 0) is 16.0 Å². The zero-order valence-corrected chi connectivity index (χ0v) is 12.2. The minimum Gasteiger partial charge on any atom is -0.356 e. The summed E-state index contributed by atoms with van der Waals surface area (Å²) in [6.07, 6.45) is 4.20. The number of benzene rings is 1. The van der Waals surface area contributed by atoms with E-state index >= 15 is 0 Å². The Bertz CT molecular complexity index is 404. The first-order valence-corrected chi connectivity index (χ1v) is 7.23. The second-order valence-corrected chi connectivity index (χ2v) is 4.88. The van der Waals surface area contributed by atoms with Crippen molar-refractivity contribution in [2.45, 2.75) is 39.0 Å². The molecule has 0 saturated heterocycles. The first-order valence-electron chi connectivity index (χ1n) is 7.23. The van der Waals surface area contributed by atoms with Crippen molar-refractivity contribution >= 4 is 11.8 Å². The molecule has 0 bridgehead atoms. The summed E-state index contributed by atoms with van der Waals surface area (Å²) in [5.41, 5.74) is 1.24. The van der Waals surface area contributed by atoms with Crippen LogP contribution in [0.25, 0.3) is 0 Å². The molecule has 0 saturated carbocycles. The summed E-state index contributed by atoms with van der Waals surface area (Å²) >= 11 is 0. The summed E-state index contributed by atoms with van der Waals surface area (Å²) in [7, 11) is 0. The Labute approximate surface area is 121 Å². The molecule has 0 aliphatic heterocycles. The summed E-state index contributed by atoms with van der Waals surface area (Å²) in [5.74, 6) is 0.115. The van der Waals surface area contributed by atoms with Gasteiger partial charge >= 0.3 is 0 Å². The molecule has 0 fully saturated rings. The van der Waals surface area contributed by atoms with Crippen LogP contribution < -0.4 is 10.6 Å². The molecule has 0 aromatic heterocycles. The molecule has 110 valence electrons. The van der Waals surface area contributed by atoms with Crippen molar-refractivity contribution < 1.29 is 9.59 Å². The van der Waals surface area contributed by atoms with Crippen molar-refractivity contribution in [1.29, 1.82) is 0 Å². The summed E-state index contributed by atoms with van der Waals surface area (Å²) in [4.78, 5) is 22.2. The van der Waals surface area contributed by atoms with Gasteiger partial charge in [-0.25, -0.2) is 0 Å². The third kappa shape index (κ3) is 8.29. The largest absolute Gasteiger partial charge is 0.356 e. The molecule has 1 rings (SSSR count). The van der Waals surface area contributed by atoms with Gasteiger partial charge in [0, 0.05) is 26.4 Å². The highest BCUT2D eigenvalue weighted by Gasteiger charge is 2.01. The Morgan fingerprint density at radius 3 is 2.40 bits per heavy atom. The maximum atomic E-state index is 11.6. The van der Waals surface area contributed by atoms with Crippen molar-refractivity contribution in [2.75, 3.05) is 13.1 Å². The van der Waals surface area contributed by atoms with Crippen LogP contribution in [0, 0.1) is 0 Å². The third-order valence-corrected chi connectivity index (χ3v) is 3.03. The third-order valence-electron chi connectivity index (χ3n) is 3.03. The van der Waals surface area contributed by atoms with Crippen LogP contribution in [0.3, 0.4) is 0 Å². The highest BCUT2D eigenvalue weighted by Crippen LogP contribution is 2.00. The molecule has 1 aromatic carbocycles. The average molecular weight is 276 g/mol. The molecule has 0 aliphatic rings. The second kappa shape index (κ2) is 10.0. The number of carbonyl (C=O) groups excluding carboxylic acids is 2. The van der Waals surface area contributed by atoms with Crippen molar-refractivity contribution in [3.63, 3.8) is 0 Å². The van der Waals surface area contributed by atoms with Gasteiger partial charge in [0.1, 0.15) is 0 Å². The highest BCUT2D eigenvalue weighted by molar-refractivity contribution is 5.75. The summed E-state index contributed by atoms with van der Waals surface area (Å²) in [6.45, 7) is 2.90. The Hall–Kier alpha value is -1.84. The van der Waals surface area contributed by atoms with Crippen LogP contribution in [0.5, 0.6) is 0 Å². The van der Waals surface area contributed by atoms with Crippen LogP contribution in [0.2, 0.25) is 0 Å². The molecule has 4 nitrogen and oxygen atoms in total. The number of amides is 2. The fourth-order valence-electron chi connectivity index (χ4n) is 1.93. The van der Waals surface area contributed by atoms with E-state index in [1.807, 2.05) is 18.2 Å². The van der Waals surface area contributed by atoms with E-state index in [9.17, 15) is 9.59 Å². The summed E-state index contributed by atoms with van der Waals surface area (Å²) in [6, 6.07) is 10.1. The van der Waals surface area contributed by atoms with E-state index in [1.165, 1.54) is 12.5 Å². The van der Waals surface area contributed by atoms with Gasteiger partial charge in [0.2, 0.25) is 11.8 Å². The second-order valence-electron chi connectivity index (χ2n) is 4.88. The van der Waals surface area contributed by atoms with E-state index in [-0.39, 0.29) is 11.8 Å². The van der Waals surface area contributed by atoms with Crippen molar-refractivity contribution in [2.24, 2.45) is 0 Å². The molecule has 0 aliphatic carbocycles. The van der Waals surface area contributed by atoms with Crippen molar-refractivity contribution in [3.05, 3.63) is 35.9 Å². The number of unbranched alkanes of at least 4 members (excludes halogenated alkanes) is 2. The maximum Gasteiger partial charge on any atom is 0.220 e. The van der Waals surface area contributed by atoms with Crippen molar-refractivity contribution in [1.82, 2.24) is 10.6 Å². The van der Waals surface area contributed by atoms with Gasteiger partial charge < -0.3 is 10.6 Å². The van der Waals surface area contributed by atoms with E-state index in [0.717, 1.165) is 25.7 Å². The Morgan fingerprint density at radius 1 is 0.950 bits per heavy atom. The van der Waals surface area contributed by atoms with Crippen LogP contribution in [0.1, 0.15) is 38.2 Å². The monoisotopic (exact) mass is 276 g/mol. The van der Waals surface area contributed by atoms with Gasteiger partial charge in [0.05, 0.1) is 0 Å². The molecule has 0 unspecified atom stereocenters. The first kappa shape index (κ1) is 16.2. The molecule has 1 aromatic rings. The van der Waals surface area contributed by atoms with Crippen LogP contribution in [0.4, 0.5) is 0 Å². The minimum atomic E-state index is 0.00338. The lowest BCUT2D eigenvalue weighted by Gasteiger charge is -2.05. The average Bonchev–Trinajstić information content (AvgIpc) is 2.43. The zero-order valence-electron chi connectivity index (χ0n) is 12.2. The maximum absolute atomic E-state index is 11.6. The number of hydrogen-bond donors (Lipinski definition) is 2. The Balaban J connectivity index is 1.97. The normalized spacial score (nSPS) is 10.1. The number of rotatable bonds is 9. The van der Waals surface area contributed by atoms with Gasteiger partial charge in [0.25, 0.3) is 0 Å². The molecular weight excluding hydrogens is 252 g/mol. The number of nitrogens with one attached hydrogen (secondary N) is 2. The number of hydrogen-bond acceptors (Lipinski definition) is 2. The van der Waals surface area contributed by atoms with Crippen LogP contribution in [-0.4, -0.2) is 24.9 Å². The Morgan fingerprint density at radius 2 is 1.70 bits per heavy atom. The molecule has 2 amide bonds. The predicted molar refractivity (Wildman–Crippen MR) is 80.3 cm³/mol. The fraction of sp³-hybridized carbons (Fsp3) is 0.500. The predicted octanol–water partition coefficient (Wildman–Crippen LogP) is 2.04. The first-order chi connectivity index (χ1) is 9.68. The highest BCUT2D eigenvalue weighted by atomic mass is 16.2. The van der Waals surface area contributed by atoms with E-state index in [4.69, 9.17) is 0 Å². The van der Waals surface area contributed by atoms with E-state index in [0.29, 0.717) is 19.5 Å². The van der Waals surface area contributed by atoms with Gasteiger partial charge in [-0.2, -0.15) is 0 Å².